The summed E-state index contributed by atoms with van der Waals surface area (Å²) in [4.78, 5) is 0. The zero-order valence-corrected chi connectivity index (χ0v) is 29.9. The van der Waals surface area contributed by atoms with Gasteiger partial charge in [-0.05, 0) is 37.5 Å². The highest BCUT2D eigenvalue weighted by molar-refractivity contribution is 4.53. The van der Waals surface area contributed by atoms with Crippen molar-refractivity contribution in [2.24, 2.45) is 11.8 Å². The van der Waals surface area contributed by atoms with E-state index in [1.54, 1.807) is 0 Å². The van der Waals surface area contributed by atoms with Crippen LogP contribution < -0.4 is 12.4 Å². The van der Waals surface area contributed by atoms with E-state index >= 15 is 0 Å². The van der Waals surface area contributed by atoms with Crippen LogP contribution in [-0.4, -0.2) is 31.7 Å². The van der Waals surface area contributed by atoms with Gasteiger partial charge in [-0.15, -0.1) is 0 Å². The van der Waals surface area contributed by atoms with Gasteiger partial charge < -0.3 is 16.9 Å². The molecule has 0 saturated carbocycles. The molecule has 0 aromatic carbocycles. The first kappa shape index (κ1) is 42.4. The number of hydrogen-bond donors (Lipinski definition) is 0. The first-order chi connectivity index (χ1) is 18.8. The fraction of sp³-hybridized carbons (Fsp3) is 1.00. The Morgan fingerprint density at radius 1 is 0.300 bits per heavy atom. The molecule has 1 nitrogen and oxygen atoms in total. The number of unbranched alkanes of at least 4 members (excludes halogenated alkanes) is 24. The molecule has 0 rings (SSSR count). The Bertz CT molecular complexity index is 418. The molecule has 0 spiro atoms. The van der Waals surface area contributed by atoms with Crippen LogP contribution in [0.2, 0.25) is 0 Å². The zero-order chi connectivity index (χ0) is 28.9. The molecular formula is C38H80ClN. The molecule has 0 N–H and O–H groups in total. The lowest BCUT2D eigenvalue weighted by molar-refractivity contribution is -0.890. The van der Waals surface area contributed by atoms with Crippen LogP contribution in [0.15, 0.2) is 0 Å². The lowest BCUT2D eigenvalue weighted by Crippen LogP contribution is -3.00. The van der Waals surface area contributed by atoms with Gasteiger partial charge in [0, 0.05) is 0 Å². The largest absolute Gasteiger partial charge is 1.00 e. The summed E-state index contributed by atoms with van der Waals surface area (Å²) in [5.74, 6) is 1.78. The van der Waals surface area contributed by atoms with Gasteiger partial charge in [-0.2, -0.15) is 0 Å². The third kappa shape index (κ3) is 36.3. The molecule has 244 valence electrons. The van der Waals surface area contributed by atoms with E-state index in [0.29, 0.717) is 0 Å². The quantitative estimate of drug-likeness (QED) is 0.0544. The lowest BCUT2D eigenvalue weighted by Gasteiger charge is -2.30. The summed E-state index contributed by atoms with van der Waals surface area (Å²) in [5.41, 5.74) is 0. The van der Waals surface area contributed by atoms with Gasteiger partial charge in [0.2, 0.25) is 0 Å². The van der Waals surface area contributed by atoms with Gasteiger partial charge in [0.05, 0.1) is 27.2 Å². The highest BCUT2D eigenvalue weighted by atomic mass is 35.5. The van der Waals surface area contributed by atoms with Crippen LogP contribution in [0.1, 0.15) is 207 Å². The molecule has 0 aliphatic carbocycles. The van der Waals surface area contributed by atoms with Gasteiger partial charge in [0.15, 0.2) is 0 Å². The molecule has 0 fully saturated rings. The summed E-state index contributed by atoms with van der Waals surface area (Å²) in [6.07, 6.45) is 41.0. The molecule has 0 aromatic rings. The highest BCUT2D eigenvalue weighted by Crippen LogP contribution is 2.17. The average Bonchev–Trinajstić information content (AvgIpc) is 2.88. The van der Waals surface area contributed by atoms with Gasteiger partial charge in [0.1, 0.15) is 0 Å². The standard InChI is InChI=1S/C38H80N.ClH/c1-37(2)33-29-25-21-17-13-9-7-11-15-19-23-27-31-35-39(5,6)36-32-28-24-20-16-12-8-10-14-18-22-26-30-34-38(3)4;/h37-38H,7-36H2,1-6H3;1H/q+1;/p-1. The Labute approximate surface area is 262 Å². The maximum atomic E-state index is 2.47. The Balaban J connectivity index is 0. The summed E-state index contributed by atoms with van der Waals surface area (Å²) in [7, 11) is 4.93. The predicted octanol–water partition coefficient (Wildman–Crippen LogP) is 10.3. The van der Waals surface area contributed by atoms with Crippen LogP contribution in [0.25, 0.3) is 0 Å². The van der Waals surface area contributed by atoms with E-state index in [0.717, 1.165) is 11.8 Å². The second-order valence-electron chi connectivity index (χ2n) is 14.9. The maximum absolute atomic E-state index is 2.47. The third-order valence-corrected chi connectivity index (χ3v) is 9.09. The molecule has 0 aliphatic heterocycles. The molecule has 0 unspecified atom stereocenters. The average molecular weight is 587 g/mol. The van der Waals surface area contributed by atoms with Crippen molar-refractivity contribution in [2.45, 2.75) is 207 Å². The SMILES string of the molecule is CC(C)CCCCCCCCCCCCCCC[N+](C)(C)CCCCCCCCCCCCCCCC(C)C.[Cl-]. The first-order valence-corrected chi connectivity index (χ1v) is 18.7. The van der Waals surface area contributed by atoms with E-state index < -0.39 is 0 Å². The fourth-order valence-corrected chi connectivity index (χ4v) is 6.19. The molecule has 0 aromatic heterocycles. The number of halogens is 1. The van der Waals surface area contributed by atoms with Crippen LogP contribution >= 0.6 is 0 Å². The Morgan fingerprint density at radius 2 is 0.475 bits per heavy atom. The molecule has 0 atom stereocenters. The van der Waals surface area contributed by atoms with Crippen molar-refractivity contribution in [3.05, 3.63) is 0 Å². The van der Waals surface area contributed by atoms with Crippen molar-refractivity contribution in [2.75, 3.05) is 27.2 Å². The Morgan fingerprint density at radius 3 is 0.675 bits per heavy atom. The first-order valence-electron chi connectivity index (χ1n) is 18.7. The molecule has 2 heteroatoms. The van der Waals surface area contributed by atoms with Crippen LogP contribution in [-0.2, 0) is 0 Å². The molecule has 0 radical (unpaired) electrons. The topological polar surface area (TPSA) is 0 Å². The van der Waals surface area contributed by atoms with Gasteiger partial charge in [-0.1, -0.05) is 182 Å². The van der Waals surface area contributed by atoms with Crippen molar-refractivity contribution in [1.82, 2.24) is 0 Å². The van der Waals surface area contributed by atoms with Gasteiger partial charge in [-0.25, -0.2) is 0 Å². The van der Waals surface area contributed by atoms with E-state index in [9.17, 15) is 0 Å². The molecule has 0 saturated heterocycles. The lowest BCUT2D eigenvalue weighted by atomic mass is 10.0. The van der Waals surface area contributed by atoms with Crippen molar-refractivity contribution in [3.8, 4) is 0 Å². The van der Waals surface area contributed by atoms with Gasteiger partial charge in [0.25, 0.3) is 0 Å². The fourth-order valence-electron chi connectivity index (χ4n) is 6.19. The minimum absolute atomic E-state index is 0. The molecular weight excluding hydrogens is 506 g/mol. The minimum atomic E-state index is 0. The summed E-state index contributed by atoms with van der Waals surface area (Å²) in [6.45, 7) is 12.2. The van der Waals surface area contributed by atoms with E-state index in [-0.39, 0.29) is 12.4 Å². The second-order valence-corrected chi connectivity index (χ2v) is 14.9. The minimum Gasteiger partial charge on any atom is -1.00 e. The van der Waals surface area contributed by atoms with Crippen LogP contribution in [0.5, 0.6) is 0 Å². The summed E-state index contributed by atoms with van der Waals surface area (Å²) in [5, 5.41) is 0. The van der Waals surface area contributed by atoms with Crippen molar-refractivity contribution in [3.63, 3.8) is 0 Å². The number of rotatable bonds is 32. The van der Waals surface area contributed by atoms with Gasteiger partial charge >= 0.3 is 0 Å². The number of quaternary nitrogens is 1. The Hall–Kier alpha value is 0.250. The molecule has 0 aliphatic rings. The summed E-state index contributed by atoms with van der Waals surface area (Å²) < 4.78 is 1.24. The summed E-state index contributed by atoms with van der Waals surface area (Å²) >= 11 is 0. The molecule has 0 heterocycles. The van der Waals surface area contributed by atoms with Crippen LogP contribution in [0.3, 0.4) is 0 Å². The van der Waals surface area contributed by atoms with Gasteiger partial charge in [-0.3, -0.25) is 0 Å². The predicted molar refractivity (Wildman–Crippen MR) is 181 cm³/mol. The van der Waals surface area contributed by atoms with Crippen molar-refractivity contribution >= 4 is 0 Å². The summed E-state index contributed by atoms with van der Waals surface area (Å²) in [6, 6.07) is 0. The van der Waals surface area contributed by atoms with Crippen molar-refractivity contribution in [1.29, 1.82) is 0 Å². The van der Waals surface area contributed by atoms with Crippen molar-refractivity contribution < 1.29 is 16.9 Å². The maximum Gasteiger partial charge on any atom is 0.0782 e. The highest BCUT2D eigenvalue weighted by Gasteiger charge is 2.13. The normalized spacial score (nSPS) is 12.0. The monoisotopic (exact) mass is 586 g/mol. The van der Waals surface area contributed by atoms with E-state index in [1.165, 1.54) is 197 Å². The smallest absolute Gasteiger partial charge is 0.0782 e. The number of hydrogen-bond acceptors (Lipinski definition) is 0. The third-order valence-electron chi connectivity index (χ3n) is 9.09. The van der Waals surface area contributed by atoms with E-state index in [1.807, 2.05) is 0 Å². The Kier molecular flexibility index (Phi) is 34.1. The second kappa shape index (κ2) is 32.2. The molecule has 0 bridgehead atoms. The van der Waals surface area contributed by atoms with E-state index in [2.05, 4.69) is 41.8 Å². The van der Waals surface area contributed by atoms with E-state index in [4.69, 9.17) is 0 Å². The molecule has 0 amide bonds. The van der Waals surface area contributed by atoms with Crippen LogP contribution in [0, 0.1) is 11.8 Å². The number of nitrogens with zero attached hydrogens (tertiary/aromatic N) is 1. The van der Waals surface area contributed by atoms with Crippen LogP contribution in [0.4, 0.5) is 0 Å². The molecule has 40 heavy (non-hydrogen) atoms. The zero-order valence-electron chi connectivity index (χ0n) is 29.2.